The standard InChI is InChI=1S/C29H40O4/c1-7-9-15-32-25-21(30)13-11-19-23(25)29(17-27(19,3)4)18-28(5,6)20-12-14-22(31)26(24(20)29)33-16-10-8-2/h11-14,30-31H,7-10,15-18H2,1-6H3. The summed E-state index contributed by atoms with van der Waals surface area (Å²) in [4.78, 5) is 0. The van der Waals surface area contributed by atoms with Gasteiger partial charge in [0.1, 0.15) is 0 Å². The maximum absolute atomic E-state index is 11.0. The Bertz CT molecular complexity index is 951. The van der Waals surface area contributed by atoms with Crippen LogP contribution < -0.4 is 9.47 Å². The summed E-state index contributed by atoms with van der Waals surface area (Å²) < 4.78 is 12.6. The second-order valence-electron chi connectivity index (χ2n) is 11.3. The highest BCUT2D eigenvalue weighted by Gasteiger charge is 2.59. The molecule has 0 radical (unpaired) electrons. The highest BCUT2D eigenvalue weighted by Crippen LogP contribution is 2.67. The highest BCUT2D eigenvalue weighted by molar-refractivity contribution is 5.70. The van der Waals surface area contributed by atoms with Gasteiger partial charge in [-0.1, -0.05) is 66.5 Å². The van der Waals surface area contributed by atoms with Crippen molar-refractivity contribution in [2.75, 3.05) is 13.2 Å². The lowest BCUT2D eigenvalue weighted by Crippen LogP contribution is -2.28. The number of benzene rings is 2. The average molecular weight is 453 g/mol. The molecule has 0 saturated carbocycles. The van der Waals surface area contributed by atoms with E-state index < -0.39 is 5.41 Å². The first-order valence-corrected chi connectivity index (χ1v) is 12.6. The van der Waals surface area contributed by atoms with Gasteiger partial charge in [-0.05, 0) is 59.8 Å². The first kappa shape index (κ1) is 23.8. The van der Waals surface area contributed by atoms with Crippen LogP contribution in [-0.2, 0) is 16.2 Å². The lowest BCUT2D eigenvalue weighted by atomic mass is 9.72. The van der Waals surface area contributed by atoms with Crippen LogP contribution in [0.4, 0.5) is 0 Å². The summed E-state index contributed by atoms with van der Waals surface area (Å²) in [5.41, 5.74) is 4.02. The Labute approximate surface area is 198 Å². The molecule has 2 aromatic carbocycles. The summed E-state index contributed by atoms with van der Waals surface area (Å²) in [7, 11) is 0. The van der Waals surface area contributed by atoms with Crippen molar-refractivity contribution < 1.29 is 19.7 Å². The molecule has 0 unspecified atom stereocenters. The molecule has 4 nitrogen and oxygen atoms in total. The number of phenols is 2. The molecule has 2 N–H and O–H groups in total. The molecule has 2 aromatic rings. The van der Waals surface area contributed by atoms with Crippen LogP contribution in [0.2, 0.25) is 0 Å². The van der Waals surface area contributed by atoms with Crippen LogP contribution >= 0.6 is 0 Å². The number of rotatable bonds is 8. The molecule has 0 heterocycles. The van der Waals surface area contributed by atoms with Crippen LogP contribution in [0.15, 0.2) is 24.3 Å². The zero-order valence-corrected chi connectivity index (χ0v) is 21.2. The molecule has 4 heteroatoms. The third kappa shape index (κ3) is 3.76. The predicted molar refractivity (Wildman–Crippen MR) is 133 cm³/mol. The predicted octanol–water partition coefficient (Wildman–Crippen LogP) is 7.10. The number of unbranched alkanes of at least 4 members (excludes halogenated alkanes) is 2. The molecule has 0 saturated heterocycles. The summed E-state index contributed by atoms with van der Waals surface area (Å²) in [6.45, 7) is 14.5. The monoisotopic (exact) mass is 452 g/mol. The molecule has 0 amide bonds. The van der Waals surface area contributed by atoms with Crippen LogP contribution in [0, 0.1) is 0 Å². The third-order valence-corrected chi connectivity index (χ3v) is 7.67. The van der Waals surface area contributed by atoms with Crippen molar-refractivity contribution in [2.24, 2.45) is 0 Å². The molecular weight excluding hydrogens is 412 g/mol. The molecule has 0 atom stereocenters. The minimum atomic E-state index is -0.391. The SMILES string of the molecule is CCCCOc1c(O)ccc2c1C1(CC2(C)C)CC(C)(C)c2ccc(O)c(OCCCC)c21. The summed E-state index contributed by atoms with van der Waals surface area (Å²) in [6, 6.07) is 7.70. The molecule has 33 heavy (non-hydrogen) atoms. The second-order valence-corrected chi connectivity index (χ2v) is 11.3. The fraction of sp³-hybridized carbons (Fsp3) is 0.586. The Morgan fingerprint density at radius 1 is 0.697 bits per heavy atom. The fourth-order valence-corrected chi connectivity index (χ4v) is 6.39. The van der Waals surface area contributed by atoms with Gasteiger partial charge in [0.05, 0.1) is 13.2 Å². The van der Waals surface area contributed by atoms with E-state index in [1.807, 2.05) is 0 Å². The molecular formula is C29H40O4. The van der Waals surface area contributed by atoms with E-state index in [2.05, 4.69) is 53.7 Å². The maximum atomic E-state index is 11.0. The molecule has 4 rings (SSSR count). The molecule has 180 valence electrons. The van der Waals surface area contributed by atoms with E-state index in [1.165, 1.54) is 11.1 Å². The van der Waals surface area contributed by atoms with Gasteiger partial charge < -0.3 is 19.7 Å². The van der Waals surface area contributed by atoms with Crippen LogP contribution in [0.1, 0.15) is 102 Å². The number of ether oxygens (including phenoxy) is 2. The zero-order chi connectivity index (χ0) is 24.0. The van der Waals surface area contributed by atoms with Gasteiger partial charge in [0.2, 0.25) is 0 Å². The van der Waals surface area contributed by atoms with Gasteiger partial charge in [-0.3, -0.25) is 0 Å². The van der Waals surface area contributed by atoms with E-state index in [0.29, 0.717) is 24.7 Å². The number of hydrogen-bond acceptors (Lipinski definition) is 4. The van der Waals surface area contributed by atoms with E-state index in [1.54, 1.807) is 12.1 Å². The zero-order valence-electron chi connectivity index (χ0n) is 21.2. The van der Waals surface area contributed by atoms with E-state index >= 15 is 0 Å². The van der Waals surface area contributed by atoms with E-state index in [-0.39, 0.29) is 22.3 Å². The van der Waals surface area contributed by atoms with Gasteiger partial charge in [-0.25, -0.2) is 0 Å². The topological polar surface area (TPSA) is 58.9 Å². The quantitative estimate of drug-likeness (QED) is 0.419. The number of fused-ring (bicyclic) bond motifs is 4. The van der Waals surface area contributed by atoms with Crippen LogP contribution in [-0.4, -0.2) is 23.4 Å². The van der Waals surface area contributed by atoms with Crippen molar-refractivity contribution in [3.8, 4) is 23.0 Å². The minimum Gasteiger partial charge on any atom is -0.504 e. The average Bonchev–Trinajstić information content (AvgIpc) is 3.10. The van der Waals surface area contributed by atoms with Crippen molar-refractivity contribution in [1.82, 2.24) is 0 Å². The summed E-state index contributed by atoms with van der Waals surface area (Å²) in [6.07, 6.45) is 5.71. The molecule has 0 aromatic heterocycles. The summed E-state index contributed by atoms with van der Waals surface area (Å²) in [5, 5.41) is 21.9. The molecule has 1 spiro atoms. The van der Waals surface area contributed by atoms with Crippen LogP contribution in [0.3, 0.4) is 0 Å². The first-order valence-electron chi connectivity index (χ1n) is 12.6. The Balaban J connectivity index is 1.99. The smallest absolute Gasteiger partial charge is 0.165 e. The Hall–Kier alpha value is -2.36. The molecule has 0 bridgehead atoms. The van der Waals surface area contributed by atoms with Crippen LogP contribution in [0.25, 0.3) is 0 Å². The van der Waals surface area contributed by atoms with Gasteiger partial charge in [0.15, 0.2) is 23.0 Å². The molecule has 0 aliphatic heterocycles. The third-order valence-electron chi connectivity index (χ3n) is 7.67. The Morgan fingerprint density at radius 2 is 1.09 bits per heavy atom. The molecule has 2 aliphatic carbocycles. The number of phenolic OH excluding ortho intramolecular Hbond substituents is 2. The van der Waals surface area contributed by atoms with E-state index in [4.69, 9.17) is 9.47 Å². The van der Waals surface area contributed by atoms with Crippen molar-refractivity contribution in [1.29, 1.82) is 0 Å². The lowest BCUT2D eigenvalue weighted by Gasteiger charge is -2.32. The van der Waals surface area contributed by atoms with E-state index in [0.717, 1.165) is 49.7 Å². The van der Waals surface area contributed by atoms with E-state index in [9.17, 15) is 10.2 Å². The number of aromatic hydroxyl groups is 2. The largest absolute Gasteiger partial charge is 0.504 e. The molecule has 2 aliphatic rings. The summed E-state index contributed by atoms with van der Waals surface area (Å²) in [5.74, 6) is 1.61. The normalized spacial score (nSPS) is 18.8. The highest BCUT2D eigenvalue weighted by atomic mass is 16.5. The van der Waals surface area contributed by atoms with Crippen LogP contribution in [0.5, 0.6) is 23.0 Å². The first-order chi connectivity index (χ1) is 15.6. The van der Waals surface area contributed by atoms with Crippen molar-refractivity contribution >= 4 is 0 Å². The van der Waals surface area contributed by atoms with Gasteiger partial charge in [-0.15, -0.1) is 0 Å². The Morgan fingerprint density at radius 3 is 1.45 bits per heavy atom. The van der Waals surface area contributed by atoms with Gasteiger partial charge >= 0.3 is 0 Å². The number of hydrogen-bond donors (Lipinski definition) is 2. The van der Waals surface area contributed by atoms with Gasteiger partial charge in [-0.2, -0.15) is 0 Å². The summed E-state index contributed by atoms with van der Waals surface area (Å²) >= 11 is 0. The van der Waals surface area contributed by atoms with Crippen molar-refractivity contribution in [3.63, 3.8) is 0 Å². The van der Waals surface area contributed by atoms with Gasteiger partial charge in [0.25, 0.3) is 0 Å². The van der Waals surface area contributed by atoms with Gasteiger partial charge in [0, 0.05) is 16.5 Å². The minimum absolute atomic E-state index is 0.101. The maximum Gasteiger partial charge on any atom is 0.165 e. The van der Waals surface area contributed by atoms with Crippen molar-refractivity contribution in [2.45, 2.75) is 96.3 Å². The van der Waals surface area contributed by atoms with Crippen molar-refractivity contribution in [3.05, 3.63) is 46.5 Å². The second kappa shape index (κ2) is 8.45. The lowest BCUT2D eigenvalue weighted by molar-refractivity contribution is 0.270. The fourth-order valence-electron chi connectivity index (χ4n) is 6.39. The molecule has 0 fully saturated rings. The Kier molecular flexibility index (Phi) is 6.09.